The maximum Gasteiger partial charge on any atom is 0.307 e. The molecule has 1 aromatic heterocycles. The molecule has 1 unspecified atom stereocenters. The fraction of sp³-hybridized carbons (Fsp3) is 0.400. The number of fused-ring (bicyclic) bond motifs is 1. The first kappa shape index (κ1) is 13.6. The van der Waals surface area contributed by atoms with Crippen molar-refractivity contribution in [3.05, 3.63) is 36.0 Å². The summed E-state index contributed by atoms with van der Waals surface area (Å²) in [5.74, 6) is -0.670. The minimum atomic E-state index is -0.840. The van der Waals surface area contributed by atoms with E-state index in [9.17, 15) is 9.90 Å². The number of carboxylic acids is 1. The fourth-order valence-electron chi connectivity index (χ4n) is 2.19. The summed E-state index contributed by atoms with van der Waals surface area (Å²) < 4.78 is 1.94. The summed E-state index contributed by atoms with van der Waals surface area (Å²) in [6, 6.07) is 7.70. The Morgan fingerprint density at radius 1 is 1.32 bits per heavy atom. The smallest absolute Gasteiger partial charge is 0.307 e. The second kappa shape index (κ2) is 5.45. The van der Waals surface area contributed by atoms with Crippen LogP contribution in [-0.2, 0) is 17.8 Å². The number of aliphatic carboxylic acids is 1. The minimum absolute atomic E-state index is 0.00525. The van der Waals surface area contributed by atoms with Gasteiger partial charge in [-0.1, -0.05) is 32.0 Å². The Hall–Kier alpha value is -1.81. The zero-order valence-corrected chi connectivity index (χ0v) is 11.2. The Bertz CT molecular complexity index is 586. The molecule has 0 saturated heterocycles. The predicted molar refractivity (Wildman–Crippen MR) is 74.1 cm³/mol. The molecule has 102 valence electrons. The molecular formula is C15H19NO3. The van der Waals surface area contributed by atoms with Crippen LogP contribution in [0.2, 0.25) is 0 Å². The van der Waals surface area contributed by atoms with Crippen LogP contribution in [0.5, 0.6) is 0 Å². The Kier molecular flexibility index (Phi) is 3.90. The van der Waals surface area contributed by atoms with Crippen LogP contribution in [0.1, 0.15) is 19.4 Å². The van der Waals surface area contributed by atoms with Gasteiger partial charge in [-0.15, -0.1) is 0 Å². The van der Waals surface area contributed by atoms with Crippen molar-refractivity contribution in [2.24, 2.45) is 5.92 Å². The number of aliphatic hydroxyl groups excluding tert-OH is 1. The predicted octanol–water partition coefficient (Wildman–Crippen LogP) is 2.29. The van der Waals surface area contributed by atoms with E-state index in [-0.39, 0.29) is 12.3 Å². The van der Waals surface area contributed by atoms with Gasteiger partial charge in [0.25, 0.3) is 0 Å². The van der Waals surface area contributed by atoms with E-state index >= 15 is 0 Å². The van der Waals surface area contributed by atoms with Gasteiger partial charge in [-0.2, -0.15) is 0 Å². The van der Waals surface area contributed by atoms with Gasteiger partial charge >= 0.3 is 5.97 Å². The average Bonchev–Trinajstić information content (AvgIpc) is 2.67. The third-order valence-corrected chi connectivity index (χ3v) is 3.37. The molecule has 1 atom stereocenters. The van der Waals surface area contributed by atoms with Gasteiger partial charge in [0, 0.05) is 23.6 Å². The molecular weight excluding hydrogens is 242 g/mol. The lowest BCUT2D eigenvalue weighted by Crippen LogP contribution is -2.21. The third-order valence-electron chi connectivity index (χ3n) is 3.37. The van der Waals surface area contributed by atoms with E-state index in [0.717, 1.165) is 16.5 Å². The lowest BCUT2D eigenvalue weighted by atomic mass is 10.1. The molecule has 0 aliphatic heterocycles. The van der Waals surface area contributed by atoms with E-state index in [1.807, 2.05) is 48.9 Å². The van der Waals surface area contributed by atoms with E-state index in [0.29, 0.717) is 6.54 Å². The number of aromatic nitrogens is 1. The van der Waals surface area contributed by atoms with Crippen LogP contribution in [0, 0.1) is 5.92 Å². The Morgan fingerprint density at radius 3 is 2.63 bits per heavy atom. The summed E-state index contributed by atoms with van der Waals surface area (Å²) >= 11 is 0. The minimum Gasteiger partial charge on any atom is -0.481 e. The first-order valence-electron chi connectivity index (χ1n) is 6.45. The fourth-order valence-corrected chi connectivity index (χ4v) is 2.19. The van der Waals surface area contributed by atoms with Crippen LogP contribution in [0.4, 0.5) is 0 Å². The normalized spacial score (nSPS) is 13.1. The summed E-state index contributed by atoms with van der Waals surface area (Å²) in [5, 5.41) is 19.9. The highest BCUT2D eigenvalue weighted by Crippen LogP contribution is 2.22. The standard InChI is InChI=1S/C15H19NO3/c1-10(2)14(17)9-16-8-11(7-15(18)19)12-5-3-4-6-13(12)16/h3-6,8,10,14,17H,7,9H2,1-2H3,(H,18,19). The Balaban J connectivity index is 2.41. The molecule has 1 heterocycles. The molecule has 2 aromatic rings. The second-order valence-corrected chi connectivity index (χ2v) is 5.21. The molecule has 0 saturated carbocycles. The SMILES string of the molecule is CC(C)C(O)Cn1cc(CC(=O)O)c2ccccc21. The number of carbonyl (C=O) groups is 1. The van der Waals surface area contributed by atoms with E-state index in [1.165, 1.54) is 0 Å². The first-order chi connectivity index (χ1) is 8.99. The maximum absolute atomic E-state index is 10.9. The summed E-state index contributed by atoms with van der Waals surface area (Å²) in [7, 11) is 0. The number of benzene rings is 1. The van der Waals surface area contributed by atoms with E-state index < -0.39 is 12.1 Å². The molecule has 0 aliphatic carbocycles. The van der Waals surface area contributed by atoms with E-state index in [1.54, 1.807) is 0 Å². The molecule has 4 nitrogen and oxygen atoms in total. The zero-order chi connectivity index (χ0) is 14.0. The van der Waals surface area contributed by atoms with Crippen molar-refractivity contribution in [3.8, 4) is 0 Å². The third kappa shape index (κ3) is 2.96. The largest absolute Gasteiger partial charge is 0.481 e. The van der Waals surface area contributed by atoms with Gasteiger partial charge in [0.1, 0.15) is 0 Å². The van der Waals surface area contributed by atoms with Gasteiger partial charge in [-0.3, -0.25) is 4.79 Å². The first-order valence-corrected chi connectivity index (χ1v) is 6.45. The molecule has 0 bridgehead atoms. The van der Waals surface area contributed by atoms with Crippen molar-refractivity contribution in [1.82, 2.24) is 4.57 Å². The summed E-state index contributed by atoms with van der Waals surface area (Å²) in [6.07, 6.45) is 1.41. The van der Waals surface area contributed by atoms with Gasteiger partial charge in [0.2, 0.25) is 0 Å². The number of hydrogen-bond donors (Lipinski definition) is 2. The van der Waals surface area contributed by atoms with Gasteiger partial charge in [-0.05, 0) is 17.5 Å². The molecule has 0 spiro atoms. The molecule has 19 heavy (non-hydrogen) atoms. The lowest BCUT2D eigenvalue weighted by molar-refractivity contribution is -0.136. The van der Waals surface area contributed by atoms with Crippen LogP contribution >= 0.6 is 0 Å². The number of hydrogen-bond acceptors (Lipinski definition) is 2. The lowest BCUT2D eigenvalue weighted by Gasteiger charge is -2.15. The number of para-hydroxylation sites is 1. The van der Waals surface area contributed by atoms with Crippen molar-refractivity contribution < 1.29 is 15.0 Å². The summed E-state index contributed by atoms with van der Waals surface area (Å²) in [5.41, 5.74) is 1.76. The number of aliphatic hydroxyl groups is 1. The molecule has 0 radical (unpaired) electrons. The second-order valence-electron chi connectivity index (χ2n) is 5.21. The van der Waals surface area contributed by atoms with Crippen molar-refractivity contribution in [3.63, 3.8) is 0 Å². The molecule has 2 N–H and O–H groups in total. The van der Waals surface area contributed by atoms with Crippen LogP contribution in [0.15, 0.2) is 30.5 Å². The van der Waals surface area contributed by atoms with Crippen molar-refractivity contribution in [2.75, 3.05) is 0 Å². The molecule has 0 amide bonds. The quantitative estimate of drug-likeness (QED) is 0.868. The average molecular weight is 261 g/mol. The number of carboxylic acid groups (broad SMARTS) is 1. The topological polar surface area (TPSA) is 62.5 Å². The molecule has 0 aliphatic rings. The van der Waals surface area contributed by atoms with Crippen LogP contribution in [-0.4, -0.2) is 26.9 Å². The van der Waals surface area contributed by atoms with Gasteiger partial charge in [0.05, 0.1) is 12.5 Å². The number of rotatable bonds is 5. The molecule has 4 heteroatoms. The van der Waals surface area contributed by atoms with Crippen LogP contribution in [0.3, 0.4) is 0 Å². The van der Waals surface area contributed by atoms with Crippen molar-refractivity contribution in [2.45, 2.75) is 32.9 Å². The zero-order valence-electron chi connectivity index (χ0n) is 11.2. The summed E-state index contributed by atoms with van der Waals surface area (Å²) in [4.78, 5) is 10.9. The van der Waals surface area contributed by atoms with Gasteiger partial charge < -0.3 is 14.8 Å². The summed E-state index contributed by atoms with van der Waals surface area (Å²) in [6.45, 7) is 4.42. The Labute approximate surface area is 112 Å². The molecule has 2 rings (SSSR count). The highest BCUT2D eigenvalue weighted by Gasteiger charge is 2.15. The van der Waals surface area contributed by atoms with E-state index in [4.69, 9.17) is 5.11 Å². The highest BCUT2D eigenvalue weighted by atomic mass is 16.4. The Morgan fingerprint density at radius 2 is 2.00 bits per heavy atom. The van der Waals surface area contributed by atoms with Crippen molar-refractivity contribution >= 4 is 16.9 Å². The maximum atomic E-state index is 10.9. The molecule has 0 fully saturated rings. The van der Waals surface area contributed by atoms with Gasteiger partial charge in [0.15, 0.2) is 0 Å². The highest BCUT2D eigenvalue weighted by molar-refractivity contribution is 5.87. The van der Waals surface area contributed by atoms with Crippen LogP contribution < -0.4 is 0 Å². The van der Waals surface area contributed by atoms with Crippen molar-refractivity contribution in [1.29, 1.82) is 0 Å². The number of nitrogens with zero attached hydrogens (tertiary/aromatic N) is 1. The molecule has 1 aromatic carbocycles. The van der Waals surface area contributed by atoms with Gasteiger partial charge in [-0.25, -0.2) is 0 Å². The monoisotopic (exact) mass is 261 g/mol. The van der Waals surface area contributed by atoms with E-state index in [2.05, 4.69) is 0 Å². The van der Waals surface area contributed by atoms with Crippen LogP contribution in [0.25, 0.3) is 10.9 Å².